The predicted octanol–water partition coefficient (Wildman–Crippen LogP) is 2.12. The molecule has 3 heteroatoms. The van der Waals surface area contributed by atoms with Crippen molar-refractivity contribution in [1.29, 1.82) is 0 Å². The molecule has 0 aliphatic carbocycles. The van der Waals surface area contributed by atoms with E-state index < -0.39 is 5.60 Å². The number of piperidine rings is 1. The number of aromatic nitrogens is 1. The van der Waals surface area contributed by atoms with Crippen LogP contribution in [0.3, 0.4) is 0 Å². The Labute approximate surface area is 103 Å². The van der Waals surface area contributed by atoms with E-state index in [0.717, 1.165) is 37.3 Å². The van der Waals surface area contributed by atoms with Crippen molar-refractivity contribution in [2.24, 2.45) is 0 Å². The summed E-state index contributed by atoms with van der Waals surface area (Å²) in [7, 11) is 2.09. The highest BCUT2D eigenvalue weighted by Gasteiger charge is 2.34. The molecule has 2 rings (SSSR count). The smallest absolute Gasteiger partial charge is 0.109 e. The lowest BCUT2D eigenvalue weighted by Crippen LogP contribution is -2.41. The molecule has 0 amide bonds. The maximum Gasteiger partial charge on any atom is 0.109 e. The Morgan fingerprint density at radius 1 is 1.29 bits per heavy atom. The molecule has 1 N–H and O–H groups in total. The molecule has 1 fully saturated rings. The predicted molar refractivity (Wildman–Crippen MR) is 69.0 cm³/mol. The number of rotatable bonds is 2. The molecule has 1 aromatic heterocycles. The second kappa shape index (κ2) is 4.75. The molecule has 0 radical (unpaired) electrons. The zero-order valence-electron chi connectivity index (χ0n) is 11.0. The van der Waals surface area contributed by atoms with Crippen LogP contribution >= 0.6 is 0 Å². The lowest BCUT2D eigenvalue weighted by atomic mass is 9.87. The van der Waals surface area contributed by atoms with Crippen LogP contribution in [-0.4, -0.2) is 35.1 Å². The lowest BCUT2D eigenvalue weighted by molar-refractivity contribution is -0.0240. The Morgan fingerprint density at radius 2 is 1.94 bits per heavy atom. The minimum Gasteiger partial charge on any atom is -0.383 e. The van der Waals surface area contributed by atoms with Crippen LogP contribution in [0.1, 0.15) is 44.0 Å². The summed E-state index contributed by atoms with van der Waals surface area (Å²) in [6, 6.07) is 6.00. The molecule has 1 saturated heterocycles. The molecule has 2 heterocycles. The second-order valence-electron chi connectivity index (χ2n) is 5.44. The molecule has 0 aromatic carbocycles. The summed E-state index contributed by atoms with van der Waals surface area (Å²) in [5, 5.41) is 10.7. The van der Waals surface area contributed by atoms with Gasteiger partial charge in [0.05, 0.1) is 5.69 Å². The van der Waals surface area contributed by atoms with Gasteiger partial charge in [-0.3, -0.25) is 4.98 Å². The van der Waals surface area contributed by atoms with E-state index in [1.54, 1.807) is 0 Å². The first-order valence-electron chi connectivity index (χ1n) is 6.39. The third kappa shape index (κ3) is 2.67. The Kier molecular flexibility index (Phi) is 3.50. The molecular weight excluding hydrogens is 212 g/mol. The average Bonchev–Trinajstić information content (AvgIpc) is 2.33. The van der Waals surface area contributed by atoms with Crippen LogP contribution in [0.15, 0.2) is 18.2 Å². The first kappa shape index (κ1) is 12.5. The monoisotopic (exact) mass is 234 g/mol. The molecule has 0 spiro atoms. The van der Waals surface area contributed by atoms with Gasteiger partial charge >= 0.3 is 0 Å². The van der Waals surface area contributed by atoms with Crippen LogP contribution in [0, 0.1) is 0 Å². The van der Waals surface area contributed by atoms with E-state index in [4.69, 9.17) is 0 Å². The van der Waals surface area contributed by atoms with Crippen LogP contribution in [0.4, 0.5) is 0 Å². The minimum atomic E-state index is -0.725. The Morgan fingerprint density at radius 3 is 2.53 bits per heavy atom. The summed E-state index contributed by atoms with van der Waals surface area (Å²) in [6.45, 7) is 6.13. The van der Waals surface area contributed by atoms with Gasteiger partial charge in [-0.15, -0.1) is 0 Å². The quantitative estimate of drug-likeness (QED) is 0.851. The Balaban J connectivity index is 2.24. The highest BCUT2D eigenvalue weighted by atomic mass is 16.3. The van der Waals surface area contributed by atoms with Gasteiger partial charge in [-0.1, -0.05) is 19.9 Å². The number of aliphatic hydroxyl groups is 1. The Bertz CT molecular complexity index is 382. The van der Waals surface area contributed by atoms with Crippen LogP contribution in [0.5, 0.6) is 0 Å². The normalized spacial score (nSPS) is 20.8. The lowest BCUT2D eigenvalue weighted by Gasteiger charge is -2.36. The van der Waals surface area contributed by atoms with Gasteiger partial charge in [-0.2, -0.15) is 0 Å². The number of hydrogen-bond donors (Lipinski definition) is 1. The topological polar surface area (TPSA) is 36.4 Å². The van der Waals surface area contributed by atoms with E-state index in [0.29, 0.717) is 5.92 Å². The average molecular weight is 234 g/mol. The number of nitrogens with zero attached hydrogens (tertiary/aromatic N) is 2. The van der Waals surface area contributed by atoms with Crippen molar-refractivity contribution in [3.63, 3.8) is 0 Å². The van der Waals surface area contributed by atoms with Crippen molar-refractivity contribution >= 4 is 0 Å². The summed E-state index contributed by atoms with van der Waals surface area (Å²) >= 11 is 0. The third-order valence-electron chi connectivity index (χ3n) is 3.65. The Hall–Kier alpha value is -0.930. The molecule has 0 atom stereocenters. The molecule has 94 valence electrons. The van der Waals surface area contributed by atoms with Crippen molar-refractivity contribution in [3.05, 3.63) is 29.6 Å². The van der Waals surface area contributed by atoms with Crippen LogP contribution in [-0.2, 0) is 5.60 Å². The highest BCUT2D eigenvalue weighted by molar-refractivity contribution is 5.19. The maximum absolute atomic E-state index is 10.7. The maximum atomic E-state index is 10.7. The number of likely N-dealkylation sites (tertiary alicyclic amines) is 1. The first-order valence-corrected chi connectivity index (χ1v) is 6.39. The number of hydrogen-bond acceptors (Lipinski definition) is 3. The van der Waals surface area contributed by atoms with Gasteiger partial charge in [0, 0.05) is 18.8 Å². The van der Waals surface area contributed by atoms with Gasteiger partial charge in [0.25, 0.3) is 0 Å². The molecule has 0 unspecified atom stereocenters. The molecule has 1 aliphatic rings. The van der Waals surface area contributed by atoms with E-state index in [-0.39, 0.29) is 0 Å². The van der Waals surface area contributed by atoms with Crippen molar-refractivity contribution in [3.8, 4) is 0 Å². The zero-order chi connectivity index (χ0) is 12.5. The fourth-order valence-corrected chi connectivity index (χ4v) is 2.28. The fraction of sp³-hybridized carbons (Fsp3) is 0.643. The van der Waals surface area contributed by atoms with Gasteiger partial charge in [-0.25, -0.2) is 0 Å². The van der Waals surface area contributed by atoms with Crippen LogP contribution < -0.4 is 0 Å². The van der Waals surface area contributed by atoms with Crippen LogP contribution in [0.25, 0.3) is 0 Å². The molecule has 1 aliphatic heterocycles. The molecular formula is C14H22N2O. The zero-order valence-corrected chi connectivity index (χ0v) is 11.0. The molecule has 0 saturated carbocycles. The summed E-state index contributed by atoms with van der Waals surface area (Å²) in [5.74, 6) is 0.407. The minimum absolute atomic E-state index is 0.407. The molecule has 0 bridgehead atoms. The highest BCUT2D eigenvalue weighted by Crippen LogP contribution is 2.31. The van der Waals surface area contributed by atoms with Crippen molar-refractivity contribution < 1.29 is 5.11 Å². The van der Waals surface area contributed by atoms with Crippen LogP contribution in [0.2, 0.25) is 0 Å². The van der Waals surface area contributed by atoms with E-state index >= 15 is 0 Å². The van der Waals surface area contributed by atoms with Gasteiger partial charge in [0.15, 0.2) is 0 Å². The van der Waals surface area contributed by atoms with Crippen molar-refractivity contribution in [1.82, 2.24) is 9.88 Å². The van der Waals surface area contributed by atoms with Crippen molar-refractivity contribution in [2.75, 3.05) is 20.1 Å². The van der Waals surface area contributed by atoms with E-state index in [1.165, 1.54) is 0 Å². The molecule has 3 nitrogen and oxygen atoms in total. The molecule has 1 aromatic rings. The summed E-state index contributed by atoms with van der Waals surface area (Å²) in [6.07, 6.45) is 1.55. The largest absolute Gasteiger partial charge is 0.383 e. The summed E-state index contributed by atoms with van der Waals surface area (Å²) in [4.78, 5) is 6.87. The SMILES string of the molecule is CC(C)c1cccc(C2(O)CCN(C)CC2)n1. The summed E-state index contributed by atoms with van der Waals surface area (Å²) < 4.78 is 0. The molecule has 17 heavy (non-hydrogen) atoms. The van der Waals surface area contributed by atoms with E-state index in [2.05, 4.69) is 30.8 Å². The fourth-order valence-electron chi connectivity index (χ4n) is 2.28. The van der Waals surface area contributed by atoms with Gasteiger partial charge < -0.3 is 10.0 Å². The first-order chi connectivity index (χ1) is 8.01. The van der Waals surface area contributed by atoms with E-state index in [9.17, 15) is 5.11 Å². The van der Waals surface area contributed by atoms with Gasteiger partial charge in [0.2, 0.25) is 0 Å². The second-order valence-corrected chi connectivity index (χ2v) is 5.44. The van der Waals surface area contributed by atoms with Crippen molar-refractivity contribution in [2.45, 2.75) is 38.2 Å². The van der Waals surface area contributed by atoms with Gasteiger partial charge in [0.1, 0.15) is 5.60 Å². The third-order valence-corrected chi connectivity index (χ3v) is 3.65. The standard InChI is InChI=1S/C14H22N2O/c1-11(2)12-5-4-6-13(15-12)14(17)7-9-16(3)10-8-14/h4-6,11,17H,7-10H2,1-3H3. The summed E-state index contributed by atoms with van der Waals surface area (Å²) in [5.41, 5.74) is 1.18. The van der Waals surface area contributed by atoms with E-state index in [1.807, 2.05) is 18.2 Å². The van der Waals surface area contributed by atoms with Gasteiger partial charge in [-0.05, 0) is 37.9 Å². The number of pyridine rings is 1.